The van der Waals surface area contributed by atoms with Crippen LogP contribution >= 0.6 is 0 Å². The first-order valence-electron chi connectivity index (χ1n) is 10.1. The summed E-state index contributed by atoms with van der Waals surface area (Å²) in [7, 11) is 0. The van der Waals surface area contributed by atoms with E-state index in [4.69, 9.17) is 0 Å². The smallest absolute Gasteiger partial charge is 0.267 e. The Morgan fingerprint density at radius 3 is 2.11 bits per heavy atom. The highest BCUT2D eigenvalue weighted by Crippen LogP contribution is 2.08. The molecule has 0 aliphatic rings. The Morgan fingerprint density at radius 2 is 1.43 bits per heavy atom. The summed E-state index contributed by atoms with van der Waals surface area (Å²) in [5, 5.41) is 5.69. The summed E-state index contributed by atoms with van der Waals surface area (Å²) < 4.78 is 0. The second-order valence-electron chi connectivity index (χ2n) is 6.81. The normalized spacial score (nSPS) is 11.1. The van der Waals surface area contributed by atoms with Gasteiger partial charge < -0.3 is 10.6 Å². The van der Waals surface area contributed by atoms with Crippen LogP contribution in [0.5, 0.6) is 0 Å². The predicted molar refractivity (Wildman–Crippen MR) is 115 cm³/mol. The lowest BCUT2D eigenvalue weighted by molar-refractivity contribution is -0.117. The van der Waals surface area contributed by atoms with Gasteiger partial charge in [-0.3, -0.25) is 9.59 Å². The first kappa shape index (κ1) is 21.4. The highest BCUT2D eigenvalue weighted by atomic mass is 16.2. The number of amides is 2. The van der Waals surface area contributed by atoms with E-state index < -0.39 is 0 Å². The SMILES string of the molecule is CCCCCCCCNC(=O)C(=Cc1ccccc1)NC(=O)c1ccccc1. The summed E-state index contributed by atoms with van der Waals surface area (Å²) in [5.41, 5.74) is 1.64. The summed E-state index contributed by atoms with van der Waals surface area (Å²) in [4.78, 5) is 25.1. The van der Waals surface area contributed by atoms with Crippen LogP contribution in [0.1, 0.15) is 61.4 Å². The van der Waals surface area contributed by atoms with E-state index in [-0.39, 0.29) is 17.5 Å². The van der Waals surface area contributed by atoms with Crippen molar-refractivity contribution in [2.24, 2.45) is 0 Å². The van der Waals surface area contributed by atoms with Gasteiger partial charge in [0.15, 0.2) is 0 Å². The summed E-state index contributed by atoms with van der Waals surface area (Å²) >= 11 is 0. The van der Waals surface area contributed by atoms with E-state index in [1.165, 1.54) is 25.7 Å². The molecular weight excluding hydrogens is 348 g/mol. The lowest BCUT2D eigenvalue weighted by Gasteiger charge is -2.11. The molecule has 0 aromatic heterocycles. The molecule has 0 aliphatic carbocycles. The first-order valence-corrected chi connectivity index (χ1v) is 10.1. The van der Waals surface area contributed by atoms with Crippen LogP contribution in [-0.2, 0) is 4.79 Å². The van der Waals surface area contributed by atoms with E-state index in [0.29, 0.717) is 12.1 Å². The second-order valence-corrected chi connectivity index (χ2v) is 6.81. The van der Waals surface area contributed by atoms with E-state index in [0.717, 1.165) is 18.4 Å². The Balaban J connectivity index is 1.97. The third kappa shape index (κ3) is 7.78. The molecule has 2 N–H and O–H groups in total. The van der Waals surface area contributed by atoms with Crippen molar-refractivity contribution in [3.63, 3.8) is 0 Å². The standard InChI is InChI=1S/C24H30N2O2/c1-2-3-4-5-6-13-18-25-24(28)22(19-20-14-9-7-10-15-20)26-23(27)21-16-11-8-12-17-21/h7-12,14-17,19H,2-6,13,18H2,1H3,(H,25,28)(H,26,27). The van der Waals surface area contributed by atoms with E-state index in [1.807, 2.05) is 36.4 Å². The van der Waals surface area contributed by atoms with Crippen molar-refractivity contribution in [2.45, 2.75) is 45.4 Å². The molecule has 0 bridgehead atoms. The fourth-order valence-corrected chi connectivity index (χ4v) is 2.86. The van der Waals surface area contributed by atoms with Crippen LogP contribution in [-0.4, -0.2) is 18.4 Å². The van der Waals surface area contributed by atoms with Crippen LogP contribution < -0.4 is 10.6 Å². The molecule has 148 valence electrons. The molecule has 4 heteroatoms. The fraction of sp³-hybridized carbons (Fsp3) is 0.333. The quantitative estimate of drug-likeness (QED) is 0.430. The highest BCUT2D eigenvalue weighted by Gasteiger charge is 2.14. The van der Waals surface area contributed by atoms with Crippen molar-refractivity contribution in [3.05, 3.63) is 77.5 Å². The van der Waals surface area contributed by atoms with Crippen molar-refractivity contribution in [2.75, 3.05) is 6.54 Å². The summed E-state index contributed by atoms with van der Waals surface area (Å²) in [6, 6.07) is 18.4. The lowest BCUT2D eigenvalue weighted by atomic mass is 10.1. The predicted octanol–water partition coefficient (Wildman–Crippen LogP) is 4.93. The molecule has 0 aliphatic heterocycles. The molecule has 28 heavy (non-hydrogen) atoms. The summed E-state index contributed by atoms with van der Waals surface area (Å²) in [6.45, 7) is 2.81. The summed E-state index contributed by atoms with van der Waals surface area (Å²) in [5.74, 6) is -0.556. The monoisotopic (exact) mass is 378 g/mol. The molecule has 0 heterocycles. The van der Waals surface area contributed by atoms with Crippen LogP contribution in [0.15, 0.2) is 66.4 Å². The molecule has 0 saturated carbocycles. The van der Waals surface area contributed by atoms with Gasteiger partial charge in [0.1, 0.15) is 5.70 Å². The topological polar surface area (TPSA) is 58.2 Å². The maximum Gasteiger partial charge on any atom is 0.267 e. The van der Waals surface area contributed by atoms with Crippen LogP contribution in [0.4, 0.5) is 0 Å². The number of hydrogen-bond acceptors (Lipinski definition) is 2. The van der Waals surface area contributed by atoms with E-state index in [2.05, 4.69) is 17.6 Å². The van der Waals surface area contributed by atoms with Crippen LogP contribution in [0.25, 0.3) is 6.08 Å². The van der Waals surface area contributed by atoms with Gasteiger partial charge in [-0.2, -0.15) is 0 Å². The zero-order valence-electron chi connectivity index (χ0n) is 16.6. The van der Waals surface area contributed by atoms with E-state index in [9.17, 15) is 9.59 Å². The largest absolute Gasteiger partial charge is 0.351 e. The Bertz CT molecular complexity index is 755. The molecule has 2 aromatic rings. The van der Waals surface area contributed by atoms with Gasteiger partial charge in [0.05, 0.1) is 0 Å². The van der Waals surface area contributed by atoms with Crippen molar-refractivity contribution in [1.82, 2.24) is 10.6 Å². The molecule has 2 amide bonds. The highest BCUT2D eigenvalue weighted by molar-refractivity contribution is 6.05. The second kappa shape index (κ2) is 12.5. The zero-order valence-corrected chi connectivity index (χ0v) is 16.6. The van der Waals surface area contributed by atoms with Crippen LogP contribution in [0.2, 0.25) is 0 Å². The molecule has 0 atom stereocenters. The number of carbonyl (C=O) groups is 2. The number of benzene rings is 2. The molecule has 0 fully saturated rings. The van der Waals surface area contributed by atoms with E-state index in [1.54, 1.807) is 30.3 Å². The number of carbonyl (C=O) groups excluding carboxylic acids is 2. The molecule has 0 spiro atoms. The maximum absolute atomic E-state index is 12.7. The number of hydrogen-bond donors (Lipinski definition) is 2. The molecule has 2 aromatic carbocycles. The van der Waals surface area contributed by atoms with Gasteiger partial charge >= 0.3 is 0 Å². The number of rotatable bonds is 11. The van der Waals surface area contributed by atoms with Gasteiger partial charge in [-0.15, -0.1) is 0 Å². The molecular formula is C24H30N2O2. The molecule has 0 saturated heterocycles. The molecule has 0 radical (unpaired) electrons. The van der Waals surface area contributed by atoms with Crippen LogP contribution in [0.3, 0.4) is 0 Å². The maximum atomic E-state index is 12.7. The Kier molecular flexibility index (Phi) is 9.56. The minimum atomic E-state index is -0.294. The minimum absolute atomic E-state index is 0.256. The third-order valence-corrected chi connectivity index (χ3v) is 4.46. The van der Waals surface area contributed by atoms with Gasteiger partial charge in [0, 0.05) is 12.1 Å². The molecule has 4 nitrogen and oxygen atoms in total. The Hall–Kier alpha value is -2.88. The van der Waals surface area contributed by atoms with Crippen molar-refractivity contribution >= 4 is 17.9 Å². The van der Waals surface area contributed by atoms with Crippen molar-refractivity contribution < 1.29 is 9.59 Å². The summed E-state index contributed by atoms with van der Waals surface area (Å²) in [6.07, 6.45) is 8.69. The van der Waals surface area contributed by atoms with Gasteiger partial charge in [-0.05, 0) is 30.2 Å². The van der Waals surface area contributed by atoms with Gasteiger partial charge in [-0.1, -0.05) is 87.6 Å². The van der Waals surface area contributed by atoms with Gasteiger partial charge in [0.2, 0.25) is 0 Å². The van der Waals surface area contributed by atoms with Gasteiger partial charge in [-0.25, -0.2) is 0 Å². The number of nitrogens with one attached hydrogen (secondary N) is 2. The first-order chi connectivity index (χ1) is 13.7. The van der Waals surface area contributed by atoms with Gasteiger partial charge in [0.25, 0.3) is 11.8 Å². The Morgan fingerprint density at radius 1 is 0.821 bits per heavy atom. The molecule has 0 unspecified atom stereocenters. The van der Waals surface area contributed by atoms with Crippen molar-refractivity contribution in [1.29, 1.82) is 0 Å². The average molecular weight is 379 g/mol. The molecule has 2 rings (SSSR count). The minimum Gasteiger partial charge on any atom is -0.351 e. The lowest BCUT2D eigenvalue weighted by Crippen LogP contribution is -2.35. The Labute approximate surface area is 168 Å². The van der Waals surface area contributed by atoms with Crippen molar-refractivity contribution in [3.8, 4) is 0 Å². The number of unbranched alkanes of at least 4 members (excludes halogenated alkanes) is 5. The third-order valence-electron chi connectivity index (χ3n) is 4.46. The van der Waals surface area contributed by atoms with Crippen LogP contribution in [0, 0.1) is 0 Å². The fourth-order valence-electron chi connectivity index (χ4n) is 2.86. The zero-order chi connectivity index (χ0) is 20.0. The van der Waals surface area contributed by atoms with E-state index >= 15 is 0 Å². The average Bonchev–Trinajstić information content (AvgIpc) is 2.73.